The average molecular weight is 599 g/mol. The van der Waals surface area contributed by atoms with Gasteiger partial charge in [-0.05, 0) is 88.0 Å². The first-order valence-corrected chi connectivity index (χ1v) is 15.6. The molecule has 4 nitrogen and oxygen atoms in total. The highest BCUT2D eigenvalue weighted by atomic mass is 15.0. The third-order valence-electron chi connectivity index (χ3n) is 9.12. The van der Waals surface area contributed by atoms with E-state index in [1.807, 2.05) is 48.8 Å². The molecule has 0 radical (unpaired) electrons. The highest BCUT2D eigenvalue weighted by Gasteiger charge is 2.15. The van der Waals surface area contributed by atoms with Crippen molar-refractivity contribution in [3.8, 4) is 45.1 Å². The van der Waals surface area contributed by atoms with E-state index in [4.69, 9.17) is 4.98 Å². The molecule has 0 unspecified atom stereocenters. The summed E-state index contributed by atoms with van der Waals surface area (Å²) in [4.78, 5) is 9.31. The van der Waals surface area contributed by atoms with Gasteiger partial charge in [-0.2, -0.15) is 5.26 Å². The molecule has 0 amide bonds. The number of hydrogen-bond acceptors (Lipinski definition) is 3. The molecule has 9 rings (SSSR count). The van der Waals surface area contributed by atoms with Crippen LogP contribution in [0.5, 0.6) is 0 Å². The topological polar surface area (TPSA) is 54.5 Å². The van der Waals surface area contributed by atoms with E-state index in [2.05, 4.69) is 125 Å². The van der Waals surface area contributed by atoms with Gasteiger partial charge < -0.3 is 4.57 Å². The van der Waals surface area contributed by atoms with Crippen LogP contribution in [-0.2, 0) is 0 Å². The van der Waals surface area contributed by atoms with Crippen LogP contribution < -0.4 is 0 Å². The minimum atomic E-state index is 0.661. The zero-order valence-corrected chi connectivity index (χ0v) is 25.3. The number of aromatic nitrogens is 3. The van der Waals surface area contributed by atoms with Gasteiger partial charge in [0.15, 0.2) is 0 Å². The molecule has 4 heteroatoms. The summed E-state index contributed by atoms with van der Waals surface area (Å²) in [5.41, 5.74) is 12.7. The molecule has 0 fully saturated rings. The first kappa shape index (κ1) is 26.8. The van der Waals surface area contributed by atoms with Crippen LogP contribution in [0.25, 0.3) is 82.7 Å². The lowest BCUT2D eigenvalue weighted by atomic mass is 9.95. The van der Waals surface area contributed by atoms with Crippen molar-refractivity contribution < 1.29 is 0 Å². The monoisotopic (exact) mass is 598 g/mol. The van der Waals surface area contributed by atoms with Crippen molar-refractivity contribution >= 4 is 43.6 Å². The van der Waals surface area contributed by atoms with Crippen molar-refractivity contribution in [1.82, 2.24) is 14.5 Å². The van der Waals surface area contributed by atoms with Gasteiger partial charge in [-0.25, -0.2) is 0 Å². The SMILES string of the molecule is N#Cc1ccc(-c2ccc3c4ccc(-c5ccc(-c6cc7cccnc7c7ncccc67)cc5)cc4n(-c4ccccc4)c3c2)cc1. The van der Waals surface area contributed by atoms with Gasteiger partial charge in [-0.3, -0.25) is 9.97 Å². The number of para-hydroxylation sites is 1. The molecular weight excluding hydrogens is 573 g/mol. The summed E-state index contributed by atoms with van der Waals surface area (Å²) < 4.78 is 2.36. The summed E-state index contributed by atoms with van der Waals surface area (Å²) in [5, 5.41) is 13.9. The van der Waals surface area contributed by atoms with Gasteiger partial charge in [0.05, 0.1) is 33.7 Å². The molecule has 0 atom stereocenters. The lowest BCUT2D eigenvalue weighted by Crippen LogP contribution is -1.94. The second kappa shape index (κ2) is 10.8. The van der Waals surface area contributed by atoms with Crippen molar-refractivity contribution in [2.75, 3.05) is 0 Å². The number of nitriles is 1. The molecule has 0 spiro atoms. The Labute approximate surface area is 271 Å². The lowest BCUT2D eigenvalue weighted by molar-refractivity contribution is 1.18. The number of hydrogen-bond donors (Lipinski definition) is 0. The predicted molar refractivity (Wildman–Crippen MR) is 192 cm³/mol. The molecule has 0 saturated carbocycles. The summed E-state index contributed by atoms with van der Waals surface area (Å²) in [6.45, 7) is 0. The Morgan fingerprint density at radius 2 is 1.04 bits per heavy atom. The molecule has 3 heterocycles. The summed E-state index contributed by atoms with van der Waals surface area (Å²) in [5.74, 6) is 0. The molecule has 6 aromatic carbocycles. The Balaban J connectivity index is 1.18. The van der Waals surface area contributed by atoms with E-state index in [1.165, 1.54) is 10.8 Å². The Bertz CT molecular complexity index is 2660. The first-order valence-electron chi connectivity index (χ1n) is 15.6. The minimum Gasteiger partial charge on any atom is -0.309 e. The molecular formula is C43H26N4. The fourth-order valence-electron chi connectivity index (χ4n) is 6.83. The summed E-state index contributed by atoms with van der Waals surface area (Å²) in [6.07, 6.45) is 3.66. The Kier molecular flexibility index (Phi) is 6.16. The fraction of sp³-hybridized carbons (Fsp3) is 0. The molecule has 9 aromatic rings. The van der Waals surface area contributed by atoms with E-state index in [1.54, 1.807) is 0 Å². The molecule has 0 aliphatic heterocycles. The number of fused-ring (bicyclic) bond motifs is 6. The Morgan fingerprint density at radius 1 is 0.468 bits per heavy atom. The third kappa shape index (κ3) is 4.45. The van der Waals surface area contributed by atoms with Crippen molar-refractivity contribution in [3.63, 3.8) is 0 Å². The van der Waals surface area contributed by atoms with Crippen LogP contribution in [0.15, 0.2) is 158 Å². The van der Waals surface area contributed by atoms with Crippen LogP contribution in [0.3, 0.4) is 0 Å². The maximum absolute atomic E-state index is 9.27. The van der Waals surface area contributed by atoms with Crippen molar-refractivity contribution in [2.24, 2.45) is 0 Å². The molecule has 0 aliphatic rings. The quantitative estimate of drug-likeness (QED) is 0.189. The standard InChI is InChI=1S/C43H26N4/c44-27-28-10-12-29(13-11-28)32-18-20-36-37-21-19-33(26-41(37)47(40(36)25-32)35-7-2-1-3-8-35)30-14-16-31(17-15-30)39-24-34-6-4-22-45-42(34)43-38(39)9-5-23-46-43/h1-26H. The predicted octanol–water partition coefficient (Wildman–Crippen LogP) is 10.8. The highest BCUT2D eigenvalue weighted by molar-refractivity contribution is 6.12. The second-order valence-electron chi connectivity index (χ2n) is 11.8. The number of benzene rings is 6. The molecule has 218 valence electrons. The number of rotatable bonds is 4. The minimum absolute atomic E-state index is 0.661. The van der Waals surface area contributed by atoms with Crippen molar-refractivity contribution in [3.05, 3.63) is 164 Å². The molecule has 0 bridgehead atoms. The van der Waals surface area contributed by atoms with Gasteiger partial charge in [0, 0.05) is 39.6 Å². The van der Waals surface area contributed by atoms with E-state index in [0.29, 0.717) is 5.56 Å². The summed E-state index contributed by atoms with van der Waals surface area (Å²) in [6, 6.07) is 53.2. The molecule has 0 N–H and O–H groups in total. The first-order chi connectivity index (χ1) is 23.2. The lowest BCUT2D eigenvalue weighted by Gasteiger charge is -2.11. The normalized spacial score (nSPS) is 11.4. The molecule has 0 aliphatic carbocycles. The number of pyridine rings is 2. The third-order valence-corrected chi connectivity index (χ3v) is 9.12. The Morgan fingerprint density at radius 3 is 1.70 bits per heavy atom. The summed E-state index contributed by atoms with van der Waals surface area (Å²) in [7, 11) is 0. The van der Waals surface area contributed by atoms with Gasteiger partial charge >= 0.3 is 0 Å². The highest BCUT2D eigenvalue weighted by Crippen LogP contribution is 2.38. The second-order valence-corrected chi connectivity index (χ2v) is 11.8. The van der Waals surface area contributed by atoms with Gasteiger partial charge in [0.1, 0.15) is 0 Å². The van der Waals surface area contributed by atoms with Crippen LogP contribution in [-0.4, -0.2) is 14.5 Å². The van der Waals surface area contributed by atoms with Gasteiger partial charge in [0.2, 0.25) is 0 Å². The van der Waals surface area contributed by atoms with Crippen molar-refractivity contribution in [2.45, 2.75) is 0 Å². The van der Waals surface area contributed by atoms with Crippen LogP contribution in [0.4, 0.5) is 0 Å². The van der Waals surface area contributed by atoms with E-state index in [-0.39, 0.29) is 0 Å². The smallest absolute Gasteiger partial charge is 0.0991 e. The Hall–Kier alpha value is -6.57. The average Bonchev–Trinajstić information content (AvgIpc) is 3.48. The van der Waals surface area contributed by atoms with Crippen LogP contribution in [0.2, 0.25) is 0 Å². The summed E-state index contributed by atoms with van der Waals surface area (Å²) >= 11 is 0. The van der Waals surface area contributed by atoms with Crippen LogP contribution in [0, 0.1) is 11.3 Å². The molecule has 0 saturated heterocycles. The van der Waals surface area contributed by atoms with Crippen LogP contribution >= 0.6 is 0 Å². The molecule has 3 aromatic heterocycles. The van der Waals surface area contributed by atoms with E-state index < -0.39 is 0 Å². The van der Waals surface area contributed by atoms with E-state index >= 15 is 0 Å². The zero-order chi connectivity index (χ0) is 31.3. The van der Waals surface area contributed by atoms with E-state index in [9.17, 15) is 5.26 Å². The number of nitrogens with zero attached hydrogens (tertiary/aromatic N) is 4. The van der Waals surface area contributed by atoms with Gasteiger partial charge in [-0.15, -0.1) is 0 Å². The largest absolute Gasteiger partial charge is 0.309 e. The van der Waals surface area contributed by atoms with Gasteiger partial charge in [-0.1, -0.05) is 91.0 Å². The maximum Gasteiger partial charge on any atom is 0.0991 e. The maximum atomic E-state index is 9.27. The zero-order valence-electron chi connectivity index (χ0n) is 25.3. The van der Waals surface area contributed by atoms with E-state index in [0.717, 1.165) is 71.9 Å². The van der Waals surface area contributed by atoms with Crippen molar-refractivity contribution in [1.29, 1.82) is 5.26 Å². The van der Waals surface area contributed by atoms with Gasteiger partial charge in [0.25, 0.3) is 0 Å². The van der Waals surface area contributed by atoms with Crippen LogP contribution in [0.1, 0.15) is 5.56 Å². The molecule has 47 heavy (non-hydrogen) atoms. The fourth-order valence-corrected chi connectivity index (χ4v) is 6.83.